The van der Waals surface area contributed by atoms with Crippen molar-refractivity contribution in [2.24, 2.45) is 7.05 Å². The number of hydrogen-bond acceptors (Lipinski definition) is 1. The van der Waals surface area contributed by atoms with Crippen molar-refractivity contribution >= 4 is 15.9 Å². The van der Waals surface area contributed by atoms with E-state index in [1.165, 1.54) is 0 Å². The number of benzene rings is 1. The van der Waals surface area contributed by atoms with Gasteiger partial charge in [-0.15, -0.1) is 0 Å². The first-order chi connectivity index (χ1) is 8.38. The first-order valence-corrected chi connectivity index (χ1v) is 6.32. The first kappa shape index (κ1) is 13.2. The van der Waals surface area contributed by atoms with Crippen molar-refractivity contribution in [1.82, 2.24) is 9.55 Å². The summed E-state index contributed by atoms with van der Waals surface area (Å²) in [5.74, 6) is -2.77. The minimum atomic E-state index is -2.77. The largest absolute Gasteiger partial charge is 0.321 e. The third kappa shape index (κ3) is 2.77. The van der Waals surface area contributed by atoms with Crippen molar-refractivity contribution in [2.75, 3.05) is 0 Å². The van der Waals surface area contributed by atoms with Crippen LogP contribution in [0.2, 0.25) is 0 Å². The fourth-order valence-corrected chi connectivity index (χ4v) is 2.29. The van der Waals surface area contributed by atoms with E-state index in [-0.39, 0.29) is 6.42 Å². The van der Waals surface area contributed by atoms with Gasteiger partial charge in [0.15, 0.2) is 4.73 Å². The van der Waals surface area contributed by atoms with Gasteiger partial charge in [0, 0.05) is 12.6 Å². The standard InChI is InChI=1S/C13H13BrF2N2/c1-13(15,16)8-10-11(18(2)12(14)17-10)9-6-4-3-5-7-9/h3-7H,8H2,1-2H3. The van der Waals surface area contributed by atoms with Crippen molar-refractivity contribution in [2.45, 2.75) is 19.3 Å². The molecular formula is C13H13BrF2N2. The van der Waals surface area contributed by atoms with Gasteiger partial charge >= 0.3 is 0 Å². The quantitative estimate of drug-likeness (QED) is 0.835. The molecule has 0 aliphatic carbocycles. The number of aromatic nitrogens is 2. The van der Waals surface area contributed by atoms with E-state index >= 15 is 0 Å². The predicted molar refractivity (Wildman–Crippen MR) is 70.7 cm³/mol. The first-order valence-electron chi connectivity index (χ1n) is 5.53. The summed E-state index contributed by atoms with van der Waals surface area (Å²) in [6.07, 6.45) is -0.364. The molecule has 5 heteroatoms. The SMILES string of the molecule is Cn1c(Br)nc(CC(C)(F)F)c1-c1ccccc1. The minimum Gasteiger partial charge on any atom is -0.321 e. The molecule has 2 aromatic rings. The molecule has 2 rings (SSSR count). The Labute approximate surface area is 113 Å². The zero-order valence-corrected chi connectivity index (χ0v) is 11.7. The van der Waals surface area contributed by atoms with Crippen LogP contribution in [0.25, 0.3) is 11.3 Å². The maximum absolute atomic E-state index is 13.2. The molecule has 1 heterocycles. The van der Waals surface area contributed by atoms with Gasteiger partial charge in [0.1, 0.15) is 0 Å². The van der Waals surface area contributed by atoms with E-state index in [0.29, 0.717) is 10.4 Å². The van der Waals surface area contributed by atoms with E-state index in [1.54, 1.807) is 11.6 Å². The second-order valence-electron chi connectivity index (χ2n) is 4.35. The summed E-state index contributed by atoms with van der Waals surface area (Å²) in [5.41, 5.74) is 2.02. The summed E-state index contributed by atoms with van der Waals surface area (Å²) in [4.78, 5) is 4.17. The lowest BCUT2D eigenvalue weighted by Gasteiger charge is -2.11. The zero-order valence-electron chi connectivity index (χ0n) is 10.1. The molecule has 0 radical (unpaired) electrons. The minimum absolute atomic E-state index is 0.364. The Hall–Kier alpha value is -1.23. The Kier molecular flexibility index (Phi) is 3.52. The average Bonchev–Trinajstić information content (AvgIpc) is 2.53. The number of hydrogen-bond donors (Lipinski definition) is 0. The summed E-state index contributed by atoms with van der Waals surface area (Å²) in [6, 6.07) is 9.43. The van der Waals surface area contributed by atoms with Gasteiger partial charge in [-0.2, -0.15) is 0 Å². The van der Waals surface area contributed by atoms with Crippen LogP contribution in [-0.4, -0.2) is 15.5 Å². The summed E-state index contributed by atoms with van der Waals surface area (Å²) < 4.78 is 28.7. The zero-order chi connectivity index (χ0) is 13.3. The molecule has 18 heavy (non-hydrogen) atoms. The maximum atomic E-state index is 13.2. The van der Waals surface area contributed by atoms with Crippen LogP contribution in [0.3, 0.4) is 0 Å². The van der Waals surface area contributed by atoms with E-state index in [2.05, 4.69) is 20.9 Å². The van der Waals surface area contributed by atoms with E-state index in [0.717, 1.165) is 18.2 Å². The molecule has 0 amide bonds. The summed E-state index contributed by atoms with van der Waals surface area (Å²) in [6.45, 7) is 0.907. The molecule has 2 nitrogen and oxygen atoms in total. The van der Waals surface area contributed by atoms with Gasteiger partial charge in [-0.3, -0.25) is 0 Å². The molecule has 0 aliphatic rings. The van der Waals surface area contributed by atoms with E-state index < -0.39 is 5.92 Å². The highest BCUT2D eigenvalue weighted by atomic mass is 79.9. The lowest BCUT2D eigenvalue weighted by Crippen LogP contribution is -2.14. The van der Waals surface area contributed by atoms with E-state index in [1.807, 2.05) is 30.3 Å². The molecule has 0 bridgehead atoms. The van der Waals surface area contributed by atoms with Crippen LogP contribution in [0.4, 0.5) is 8.78 Å². The summed E-state index contributed by atoms with van der Waals surface area (Å²) >= 11 is 3.28. The molecule has 0 N–H and O–H groups in total. The highest BCUT2D eigenvalue weighted by Crippen LogP contribution is 2.30. The molecule has 0 unspecified atom stereocenters. The topological polar surface area (TPSA) is 17.8 Å². The van der Waals surface area contributed by atoms with Gasteiger partial charge in [0.05, 0.1) is 17.8 Å². The molecule has 1 aromatic heterocycles. The van der Waals surface area contributed by atoms with Gasteiger partial charge in [-0.25, -0.2) is 13.8 Å². The van der Waals surface area contributed by atoms with Crippen LogP contribution >= 0.6 is 15.9 Å². The Morgan fingerprint density at radius 1 is 1.28 bits per heavy atom. The van der Waals surface area contributed by atoms with Crippen LogP contribution in [-0.2, 0) is 13.5 Å². The second kappa shape index (κ2) is 4.80. The van der Waals surface area contributed by atoms with Crippen molar-refractivity contribution in [3.8, 4) is 11.3 Å². The van der Waals surface area contributed by atoms with Crippen LogP contribution in [0, 0.1) is 0 Å². The van der Waals surface area contributed by atoms with E-state index in [9.17, 15) is 8.78 Å². The van der Waals surface area contributed by atoms with Crippen LogP contribution in [0.1, 0.15) is 12.6 Å². The number of imidazole rings is 1. The Morgan fingerprint density at radius 2 is 1.89 bits per heavy atom. The highest BCUT2D eigenvalue weighted by Gasteiger charge is 2.27. The maximum Gasteiger partial charge on any atom is 0.251 e. The smallest absolute Gasteiger partial charge is 0.251 e. The van der Waals surface area contributed by atoms with Crippen LogP contribution in [0.15, 0.2) is 35.1 Å². The highest BCUT2D eigenvalue weighted by molar-refractivity contribution is 9.10. The molecule has 0 aliphatic heterocycles. The van der Waals surface area contributed by atoms with E-state index in [4.69, 9.17) is 0 Å². The van der Waals surface area contributed by atoms with Gasteiger partial charge in [-0.1, -0.05) is 30.3 Å². The molecule has 1 aromatic carbocycles. The van der Waals surface area contributed by atoms with Gasteiger partial charge in [0.2, 0.25) is 0 Å². The lowest BCUT2D eigenvalue weighted by atomic mass is 10.1. The Morgan fingerprint density at radius 3 is 2.44 bits per heavy atom. The third-order valence-electron chi connectivity index (χ3n) is 2.64. The van der Waals surface area contributed by atoms with Crippen LogP contribution in [0.5, 0.6) is 0 Å². The lowest BCUT2D eigenvalue weighted by molar-refractivity contribution is 0.0218. The monoisotopic (exact) mass is 314 g/mol. The number of halogens is 3. The molecule has 0 fully saturated rings. The molecule has 0 atom stereocenters. The van der Waals surface area contributed by atoms with Gasteiger partial charge in [-0.05, 0) is 22.9 Å². The molecule has 96 valence electrons. The molecule has 0 saturated heterocycles. The normalized spacial score (nSPS) is 11.8. The van der Waals surface area contributed by atoms with Gasteiger partial charge in [0.25, 0.3) is 5.92 Å². The summed E-state index contributed by atoms with van der Waals surface area (Å²) in [7, 11) is 1.80. The second-order valence-corrected chi connectivity index (χ2v) is 5.06. The number of alkyl halides is 2. The molecular weight excluding hydrogens is 302 g/mol. The number of nitrogens with zero attached hydrogens (tertiary/aromatic N) is 2. The number of rotatable bonds is 3. The molecule has 0 saturated carbocycles. The predicted octanol–water partition coefficient (Wildman–Crippen LogP) is 4.05. The van der Waals surface area contributed by atoms with Gasteiger partial charge < -0.3 is 4.57 Å². The fourth-order valence-electron chi connectivity index (χ4n) is 1.90. The van der Waals surface area contributed by atoms with Crippen molar-refractivity contribution in [3.05, 3.63) is 40.8 Å². The van der Waals surface area contributed by atoms with Crippen molar-refractivity contribution < 1.29 is 8.78 Å². The van der Waals surface area contributed by atoms with Crippen molar-refractivity contribution in [3.63, 3.8) is 0 Å². The summed E-state index contributed by atoms with van der Waals surface area (Å²) in [5, 5.41) is 0. The van der Waals surface area contributed by atoms with Crippen molar-refractivity contribution in [1.29, 1.82) is 0 Å². The average molecular weight is 315 g/mol. The Bertz CT molecular complexity index is 544. The Balaban J connectivity index is 2.52. The van der Waals surface area contributed by atoms with Crippen LogP contribution < -0.4 is 0 Å². The fraction of sp³-hybridized carbons (Fsp3) is 0.308. The molecule has 0 spiro atoms. The third-order valence-corrected chi connectivity index (χ3v) is 3.35.